The van der Waals surface area contributed by atoms with Crippen LogP contribution in [-0.2, 0) is 9.98 Å². The highest BCUT2D eigenvalue weighted by atomic mass is 31.2. The van der Waals surface area contributed by atoms with E-state index in [0.717, 1.165) is 16.7 Å². The first-order chi connectivity index (χ1) is 14.2. The number of para-hydroxylation sites is 1. The number of aryl methyl sites for hydroxylation is 2. The fraction of sp³-hybridized carbons (Fsp3) is 0.231. The molecule has 0 saturated heterocycles. The van der Waals surface area contributed by atoms with Crippen LogP contribution in [0.5, 0.6) is 0 Å². The molecule has 0 radical (unpaired) electrons. The van der Waals surface area contributed by atoms with Gasteiger partial charge in [0.2, 0.25) is 7.29 Å². The molecule has 0 aromatic heterocycles. The summed E-state index contributed by atoms with van der Waals surface area (Å²) >= 11 is 0. The molecule has 1 unspecified atom stereocenters. The number of rotatable bonds is 4. The number of fused-ring (bicyclic) bond motifs is 1. The van der Waals surface area contributed by atoms with Crippen LogP contribution in [0, 0.1) is 13.8 Å². The highest BCUT2D eigenvalue weighted by Gasteiger charge is 2.40. The van der Waals surface area contributed by atoms with Crippen LogP contribution in [0.4, 0.5) is 11.4 Å². The molecule has 0 spiro atoms. The average molecular weight is 417 g/mol. The lowest BCUT2D eigenvalue weighted by atomic mass is 9.84. The van der Waals surface area contributed by atoms with Gasteiger partial charge in [-0.2, -0.15) is 0 Å². The summed E-state index contributed by atoms with van der Waals surface area (Å²) in [7, 11) is -1.02. The number of hydrogen-bond acceptors (Lipinski definition) is 2. The van der Waals surface area contributed by atoms with Gasteiger partial charge in [-0.15, -0.1) is 0 Å². The molecule has 0 aliphatic carbocycles. The van der Waals surface area contributed by atoms with E-state index >= 15 is 0 Å². The van der Waals surface area contributed by atoms with Crippen LogP contribution in [0.15, 0.2) is 84.3 Å². The molecule has 30 heavy (non-hydrogen) atoms. The number of nitrogens with zero attached hydrogens (tertiary/aromatic N) is 1. The van der Waals surface area contributed by atoms with E-state index in [1.807, 2.05) is 42.2 Å². The maximum atomic E-state index is 14.5. The molecule has 1 aliphatic rings. The number of likely N-dealkylation sites (N-methyl/N-ethyl adjacent to an activating group) is 1. The predicted octanol–water partition coefficient (Wildman–Crippen LogP) is 6.59. The number of anilines is 2. The smallest absolute Gasteiger partial charge is 0.221 e. The summed E-state index contributed by atoms with van der Waals surface area (Å²) in [5.74, 6) is 1.97. The van der Waals surface area contributed by atoms with Crippen LogP contribution in [0.1, 0.15) is 30.5 Å². The molecule has 0 saturated carbocycles. The van der Waals surface area contributed by atoms with Crippen molar-refractivity contribution in [3.63, 3.8) is 0 Å². The van der Waals surface area contributed by atoms with E-state index in [2.05, 4.69) is 81.1 Å². The zero-order valence-electron chi connectivity index (χ0n) is 18.3. The van der Waals surface area contributed by atoms with Crippen molar-refractivity contribution in [2.75, 3.05) is 17.0 Å². The molecule has 3 aromatic carbocycles. The van der Waals surface area contributed by atoms with E-state index < -0.39 is 7.29 Å². The lowest BCUT2D eigenvalue weighted by Gasteiger charge is -2.27. The maximum absolute atomic E-state index is 14.5. The standard InChI is InChI=1S/C26H29N2OP/c1-19-15-16-21(17-20(19)2)27-30(29,22-11-7-6-8-12-22)18-25-26(3,4)23-13-9-10-14-24(23)28(25)5/h6-18H,1-5H3,(H,27,29)/b25-18+. The molecule has 1 N–H and O–H groups in total. The molecular weight excluding hydrogens is 387 g/mol. The minimum atomic E-state index is -3.08. The summed E-state index contributed by atoms with van der Waals surface area (Å²) in [6.45, 7) is 8.57. The summed E-state index contributed by atoms with van der Waals surface area (Å²) in [6.07, 6.45) is 0. The van der Waals surface area contributed by atoms with Crippen LogP contribution >= 0.6 is 7.29 Å². The summed E-state index contributed by atoms with van der Waals surface area (Å²) in [6, 6.07) is 24.3. The fourth-order valence-corrected chi connectivity index (χ4v) is 6.55. The highest BCUT2D eigenvalue weighted by molar-refractivity contribution is 7.75. The minimum absolute atomic E-state index is 0.235. The van der Waals surface area contributed by atoms with Crippen molar-refractivity contribution in [1.82, 2.24) is 0 Å². The predicted molar refractivity (Wildman–Crippen MR) is 129 cm³/mol. The van der Waals surface area contributed by atoms with Crippen molar-refractivity contribution >= 4 is 24.0 Å². The number of nitrogens with one attached hydrogen (secondary N) is 1. The third kappa shape index (κ3) is 3.48. The van der Waals surface area contributed by atoms with Crippen molar-refractivity contribution in [3.05, 3.63) is 101 Å². The van der Waals surface area contributed by atoms with Gasteiger partial charge in [-0.25, -0.2) is 0 Å². The maximum Gasteiger partial charge on any atom is 0.221 e. The highest BCUT2D eigenvalue weighted by Crippen LogP contribution is 2.54. The van der Waals surface area contributed by atoms with Crippen LogP contribution in [0.2, 0.25) is 0 Å². The van der Waals surface area contributed by atoms with Gasteiger partial charge in [-0.3, -0.25) is 4.57 Å². The largest absolute Gasteiger partial charge is 0.347 e. The van der Waals surface area contributed by atoms with Crippen molar-refractivity contribution in [3.8, 4) is 0 Å². The third-order valence-corrected chi connectivity index (χ3v) is 8.45. The average Bonchev–Trinajstić information content (AvgIpc) is 2.92. The van der Waals surface area contributed by atoms with E-state index in [-0.39, 0.29) is 5.41 Å². The normalized spacial score (nSPS) is 18.2. The lowest BCUT2D eigenvalue weighted by Crippen LogP contribution is -2.24. The number of benzene rings is 3. The Morgan fingerprint density at radius 1 is 0.900 bits per heavy atom. The molecule has 4 rings (SSSR count). The van der Waals surface area contributed by atoms with Gasteiger partial charge >= 0.3 is 0 Å². The van der Waals surface area contributed by atoms with Gasteiger partial charge in [-0.1, -0.05) is 56.3 Å². The van der Waals surface area contributed by atoms with Crippen LogP contribution in [0.3, 0.4) is 0 Å². The van der Waals surface area contributed by atoms with E-state index in [9.17, 15) is 4.57 Å². The molecule has 3 nitrogen and oxygen atoms in total. The topological polar surface area (TPSA) is 32.3 Å². The zero-order chi connectivity index (χ0) is 21.5. The zero-order valence-corrected chi connectivity index (χ0v) is 19.2. The Morgan fingerprint density at radius 2 is 1.57 bits per heavy atom. The Labute approximate surface area is 179 Å². The van der Waals surface area contributed by atoms with Crippen molar-refractivity contribution in [1.29, 1.82) is 0 Å². The van der Waals surface area contributed by atoms with Gasteiger partial charge in [0.15, 0.2) is 0 Å². The molecule has 3 aromatic rings. The monoisotopic (exact) mass is 416 g/mol. The quantitative estimate of drug-likeness (QED) is 0.487. The summed E-state index contributed by atoms with van der Waals surface area (Å²) in [5, 5.41) is 4.21. The third-order valence-electron chi connectivity index (χ3n) is 6.19. The van der Waals surface area contributed by atoms with Crippen LogP contribution in [-0.4, -0.2) is 7.05 Å². The van der Waals surface area contributed by atoms with Crippen molar-refractivity contribution < 1.29 is 4.57 Å². The molecular formula is C26H29N2OP. The Balaban J connectivity index is 1.85. The SMILES string of the molecule is Cc1ccc(NP(=O)(/C=C2/N(C)c3ccccc3C2(C)C)c2ccccc2)cc1C. The van der Waals surface area contributed by atoms with Gasteiger partial charge < -0.3 is 9.99 Å². The second kappa shape index (κ2) is 7.49. The Morgan fingerprint density at radius 3 is 2.23 bits per heavy atom. The molecule has 1 aliphatic heterocycles. The van der Waals surface area contributed by atoms with Crippen molar-refractivity contribution in [2.24, 2.45) is 0 Å². The molecule has 0 fully saturated rings. The van der Waals surface area contributed by atoms with Gasteiger partial charge in [0, 0.05) is 40.7 Å². The Hall–Kier alpha value is -2.77. The van der Waals surface area contributed by atoms with E-state index in [1.54, 1.807) is 0 Å². The summed E-state index contributed by atoms with van der Waals surface area (Å²) in [4.78, 5) is 2.17. The lowest BCUT2D eigenvalue weighted by molar-refractivity contribution is 0.587. The molecule has 154 valence electrons. The molecule has 0 bridgehead atoms. The van der Waals surface area contributed by atoms with E-state index in [4.69, 9.17) is 0 Å². The van der Waals surface area contributed by atoms with Gasteiger partial charge in [0.05, 0.1) is 0 Å². The van der Waals surface area contributed by atoms with Crippen LogP contribution in [0.25, 0.3) is 0 Å². The summed E-state index contributed by atoms with van der Waals surface area (Å²) < 4.78 is 14.5. The second-order valence-corrected chi connectivity index (χ2v) is 10.9. The van der Waals surface area contributed by atoms with Crippen molar-refractivity contribution in [2.45, 2.75) is 33.1 Å². The Kier molecular flexibility index (Phi) is 5.11. The molecule has 1 atom stereocenters. The summed E-state index contributed by atoms with van der Waals surface area (Å²) in [5.41, 5.74) is 6.51. The molecule has 1 heterocycles. The van der Waals surface area contributed by atoms with Crippen LogP contribution < -0.4 is 15.3 Å². The van der Waals surface area contributed by atoms with Gasteiger partial charge in [-0.05, 0) is 60.9 Å². The van der Waals surface area contributed by atoms with E-state index in [1.165, 1.54) is 22.4 Å². The fourth-order valence-electron chi connectivity index (χ4n) is 4.23. The molecule has 4 heteroatoms. The first-order valence-electron chi connectivity index (χ1n) is 10.3. The van der Waals surface area contributed by atoms with Gasteiger partial charge in [0.25, 0.3) is 0 Å². The Bertz CT molecular complexity index is 1160. The van der Waals surface area contributed by atoms with Gasteiger partial charge in [0.1, 0.15) is 0 Å². The first-order valence-corrected chi connectivity index (χ1v) is 12.1. The van der Waals surface area contributed by atoms with E-state index in [0.29, 0.717) is 0 Å². The molecule has 0 amide bonds. The number of allylic oxidation sites excluding steroid dienone is 1. The second-order valence-electron chi connectivity index (χ2n) is 8.62. The first kappa shape index (κ1) is 20.5. The minimum Gasteiger partial charge on any atom is -0.347 e. The number of hydrogen-bond donors (Lipinski definition) is 1.